The third kappa shape index (κ3) is 4.58. The van der Waals surface area contributed by atoms with Gasteiger partial charge >= 0.3 is 0 Å². The van der Waals surface area contributed by atoms with Gasteiger partial charge in [0.15, 0.2) is 0 Å². The summed E-state index contributed by atoms with van der Waals surface area (Å²) in [6, 6.07) is 7.86. The summed E-state index contributed by atoms with van der Waals surface area (Å²) < 4.78 is 5.34. The summed E-state index contributed by atoms with van der Waals surface area (Å²) in [7, 11) is 1.66. The van der Waals surface area contributed by atoms with Gasteiger partial charge in [0, 0.05) is 23.7 Å². The van der Waals surface area contributed by atoms with Gasteiger partial charge < -0.3 is 15.4 Å². The first kappa shape index (κ1) is 19.8. The predicted molar refractivity (Wildman–Crippen MR) is 105 cm³/mol. The quantitative estimate of drug-likeness (QED) is 0.832. The van der Waals surface area contributed by atoms with Crippen molar-refractivity contribution in [1.29, 1.82) is 0 Å². The van der Waals surface area contributed by atoms with Gasteiger partial charge in [0.1, 0.15) is 0 Å². The zero-order chi connectivity index (χ0) is 17.0. The van der Waals surface area contributed by atoms with E-state index in [4.69, 9.17) is 4.74 Å². The number of carbonyl (C=O) groups is 1. The molecule has 2 aromatic rings. The van der Waals surface area contributed by atoms with E-state index in [0.29, 0.717) is 6.61 Å². The largest absolute Gasteiger partial charge is 0.384 e. The Morgan fingerprint density at radius 2 is 2.16 bits per heavy atom. The fourth-order valence-electron chi connectivity index (χ4n) is 3.13. The minimum atomic E-state index is -0.451. The minimum Gasteiger partial charge on any atom is -0.384 e. The molecule has 136 valence electrons. The van der Waals surface area contributed by atoms with Crippen molar-refractivity contribution in [2.45, 2.75) is 19.8 Å². The fraction of sp³-hybridized carbons (Fsp3) is 0.444. The van der Waals surface area contributed by atoms with Crippen LogP contribution in [0.1, 0.15) is 17.8 Å². The van der Waals surface area contributed by atoms with Crippen molar-refractivity contribution < 1.29 is 9.53 Å². The monoisotopic (exact) mass is 381 g/mol. The Morgan fingerprint density at radius 1 is 1.40 bits per heavy atom. The summed E-state index contributed by atoms with van der Waals surface area (Å²) in [6.45, 7) is 4.13. The van der Waals surface area contributed by atoms with Crippen molar-refractivity contribution in [2.75, 3.05) is 32.1 Å². The van der Waals surface area contributed by atoms with Crippen molar-refractivity contribution in [2.24, 2.45) is 5.41 Å². The fourth-order valence-corrected chi connectivity index (χ4v) is 3.76. The molecule has 7 heteroatoms. The second-order valence-corrected chi connectivity index (χ2v) is 7.31. The molecule has 0 saturated carbocycles. The number of benzene rings is 1. The van der Waals surface area contributed by atoms with Crippen LogP contribution in [0.4, 0.5) is 5.69 Å². The third-order valence-corrected chi connectivity index (χ3v) is 5.27. The zero-order valence-corrected chi connectivity index (χ0v) is 16.1. The van der Waals surface area contributed by atoms with Gasteiger partial charge in [-0.1, -0.05) is 12.1 Å². The van der Waals surface area contributed by atoms with Crippen LogP contribution in [0.2, 0.25) is 0 Å². The number of methoxy groups -OCH3 is 1. The van der Waals surface area contributed by atoms with E-state index in [9.17, 15) is 4.79 Å². The number of aryl methyl sites for hydroxylation is 1. The van der Waals surface area contributed by atoms with E-state index in [1.807, 2.05) is 36.6 Å². The number of piperidine rings is 1. The molecule has 5 nitrogen and oxygen atoms in total. The van der Waals surface area contributed by atoms with E-state index in [1.165, 1.54) is 0 Å². The van der Waals surface area contributed by atoms with Crippen molar-refractivity contribution in [3.8, 4) is 11.3 Å². The molecule has 25 heavy (non-hydrogen) atoms. The van der Waals surface area contributed by atoms with Crippen LogP contribution in [0, 0.1) is 12.3 Å². The van der Waals surface area contributed by atoms with E-state index in [-0.39, 0.29) is 18.3 Å². The predicted octanol–water partition coefficient (Wildman–Crippen LogP) is 3.50. The third-order valence-electron chi connectivity index (χ3n) is 4.50. The number of thiazole rings is 1. The van der Waals surface area contributed by atoms with Crippen LogP contribution in [0.5, 0.6) is 0 Å². The lowest BCUT2D eigenvalue weighted by molar-refractivity contribution is -0.130. The minimum absolute atomic E-state index is 0. The average Bonchev–Trinajstić information content (AvgIpc) is 3.03. The number of rotatable bonds is 5. The molecular weight excluding hydrogens is 358 g/mol. The maximum Gasteiger partial charge on any atom is 0.233 e. The van der Waals surface area contributed by atoms with Crippen LogP contribution in [0.15, 0.2) is 29.6 Å². The molecule has 1 aromatic carbocycles. The highest BCUT2D eigenvalue weighted by Gasteiger charge is 2.39. The molecule has 0 atom stereocenters. The van der Waals surface area contributed by atoms with E-state index < -0.39 is 5.41 Å². The van der Waals surface area contributed by atoms with Gasteiger partial charge in [0.25, 0.3) is 0 Å². The Labute approximate surface area is 158 Å². The summed E-state index contributed by atoms with van der Waals surface area (Å²) in [5.41, 5.74) is 2.32. The maximum absolute atomic E-state index is 12.9. The molecule has 1 aliphatic rings. The van der Waals surface area contributed by atoms with Crippen molar-refractivity contribution >= 4 is 35.3 Å². The van der Waals surface area contributed by atoms with Crippen molar-refractivity contribution in [3.05, 3.63) is 34.7 Å². The number of ether oxygens (including phenoxy) is 1. The first-order chi connectivity index (χ1) is 11.6. The smallest absolute Gasteiger partial charge is 0.233 e. The number of amides is 1. The highest BCUT2D eigenvalue weighted by Crippen LogP contribution is 2.31. The Bertz CT molecular complexity index is 708. The van der Waals surface area contributed by atoms with Gasteiger partial charge in [0.2, 0.25) is 5.91 Å². The molecule has 1 aliphatic heterocycles. The lowest BCUT2D eigenvalue weighted by Crippen LogP contribution is -2.47. The molecule has 2 N–H and O–H groups in total. The van der Waals surface area contributed by atoms with Gasteiger partial charge in [-0.2, -0.15) is 0 Å². The van der Waals surface area contributed by atoms with Gasteiger partial charge in [0.05, 0.1) is 22.7 Å². The molecule has 0 bridgehead atoms. The van der Waals surface area contributed by atoms with Crippen molar-refractivity contribution in [3.63, 3.8) is 0 Å². The Kier molecular flexibility index (Phi) is 6.95. The van der Waals surface area contributed by atoms with Crippen LogP contribution in [-0.4, -0.2) is 37.7 Å². The number of halogens is 1. The molecular formula is C18H24ClN3O2S. The first-order valence-corrected chi connectivity index (χ1v) is 9.05. The maximum atomic E-state index is 12.9. The second kappa shape index (κ2) is 8.76. The standard InChI is InChI=1S/C18H23N3O2S.ClH/c1-13-20-16(11-24-13)14-4-3-5-15(10-14)21-17(22)18(12-23-2)6-8-19-9-7-18;/h3-5,10-11,19H,6-9,12H2,1-2H3,(H,21,22);1H. The number of hydrogen-bond donors (Lipinski definition) is 2. The average molecular weight is 382 g/mol. The number of hydrogen-bond acceptors (Lipinski definition) is 5. The summed E-state index contributed by atoms with van der Waals surface area (Å²) in [5, 5.41) is 9.46. The van der Waals surface area contributed by atoms with E-state index in [0.717, 1.165) is 47.9 Å². The van der Waals surface area contributed by atoms with E-state index >= 15 is 0 Å². The topological polar surface area (TPSA) is 63.2 Å². The van der Waals surface area contributed by atoms with Gasteiger partial charge in [-0.3, -0.25) is 4.79 Å². The molecule has 1 amide bonds. The molecule has 0 radical (unpaired) electrons. The number of anilines is 1. The molecule has 1 aromatic heterocycles. The first-order valence-electron chi connectivity index (χ1n) is 8.17. The normalized spacial score (nSPS) is 16.1. The number of nitrogens with zero attached hydrogens (tertiary/aromatic N) is 1. The Hall–Kier alpha value is -1.47. The van der Waals surface area contributed by atoms with Gasteiger partial charge in [-0.05, 0) is 45.0 Å². The summed E-state index contributed by atoms with van der Waals surface area (Å²) in [6.07, 6.45) is 1.58. The lowest BCUT2D eigenvalue weighted by atomic mass is 9.78. The second-order valence-electron chi connectivity index (χ2n) is 6.25. The molecule has 0 unspecified atom stereocenters. The van der Waals surface area contributed by atoms with E-state index in [1.54, 1.807) is 18.4 Å². The summed E-state index contributed by atoms with van der Waals surface area (Å²) in [4.78, 5) is 17.4. The number of carbonyl (C=O) groups excluding carboxylic acids is 1. The number of aromatic nitrogens is 1. The van der Waals surface area contributed by atoms with Crippen LogP contribution < -0.4 is 10.6 Å². The highest BCUT2D eigenvalue weighted by molar-refractivity contribution is 7.09. The summed E-state index contributed by atoms with van der Waals surface area (Å²) in [5.74, 6) is 0.0393. The lowest BCUT2D eigenvalue weighted by Gasteiger charge is -2.35. The van der Waals surface area contributed by atoms with Crippen molar-refractivity contribution in [1.82, 2.24) is 10.3 Å². The van der Waals surface area contributed by atoms with Crippen LogP contribution in [-0.2, 0) is 9.53 Å². The Morgan fingerprint density at radius 3 is 2.80 bits per heavy atom. The molecule has 0 aliphatic carbocycles. The Balaban J connectivity index is 0.00000225. The SMILES string of the molecule is COCC1(C(=O)Nc2cccc(-c3csc(C)n3)c2)CCNCC1.Cl. The molecule has 2 heterocycles. The van der Waals surface area contributed by atoms with Gasteiger partial charge in [-0.15, -0.1) is 23.7 Å². The van der Waals surface area contributed by atoms with Crippen LogP contribution in [0.25, 0.3) is 11.3 Å². The molecule has 3 rings (SSSR count). The zero-order valence-electron chi connectivity index (χ0n) is 14.5. The molecule has 1 fully saturated rings. The van der Waals surface area contributed by atoms with E-state index in [2.05, 4.69) is 15.6 Å². The van der Waals surface area contributed by atoms with Gasteiger partial charge in [-0.25, -0.2) is 4.98 Å². The number of nitrogens with one attached hydrogen (secondary N) is 2. The van der Waals surface area contributed by atoms with Crippen LogP contribution >= 0.6 is 23.7 Å². The highest BCUT2D eigenvalue weighted by atomic mass is 35.5. The molecule has 1 saturated heterocycles. The molecule has 0 spiro atoms. The summed E-state index contributed by atoms with van der Waals surface area (Å²) >= 11 is 1.63. The van der Waals surface area contributed by atoms with Crippen LogP contribution in [0.3, 0.4) is 0 Å².